The molecule has 0 fully saturated rings. The number of aromatic nitrogens is 3. The van der Waals surface area contributed by atoms with E-state index in [0.29, 0.717) is 0 Å². The van der Waals surface area contributed by atoms with E-state index in [9.17, 15) is 31.1 Å². The topological polar surface area (TPSA) is 59.8 Å². The van der Waals surface area contributed by atoms with Crippen molar-refractivity contribution in [3.8, 4) is 5.69 Å². The van der Waals surface area contributed by atoms with E-state index in [-0.39, 0.29) is 27.7 Å². The molecular formula is C17H10F6N4O. The molecule has 1 N–H and O–H groups in total. The molecule has 0 aliphatic carbocycles. The molecule has 146 valence electrons. The number of halogens is 6. The molecule has 2 heterocycles. The molecule has 0 aliphatic heterocycles. The lowest BCUT2D eigenvalue weighted by atomic mass is 10.2. The Hall–Kier alpha value is -3.37. The maximum absolute atomic E-state index is 13.1. The molecule has 0 atom stereocenters. The maximum Gasteiger partial charge on any atom is 0.435 e. The van der Waals surface area contributed by atoms with Gasteiger partial charge in [0.2, 0.25) is 0 Å². The van der Waals surface area contributed by atoms with Crippen LogP contribution in [-0.2, 0) is 12.4 Å². The summed E-state index contributed by atoms with van der Waals surface area (Å²) < 4.78 is 77.7. The van der Waals surface area contributed by atoms with Gasteiger partial charge in [-0.05, 0) is 36.4 Å². The number of anilines is 1. The Morgan fingerprint density at radius 2 is 1.64 bits per heavy atom. The van der Waals surface area contributed by atoms with Crippen LogP contribution < -0.4 is 5.32 Å². The Morgan fingerprint density at radius 1 is 0.964 bits per heavy atom. The van der Waals surface area contributed by atoms with Gasteiger partial charge in [0.1, 0.15) is 5.69 Å². The van der Waals surface area contributed by atoms with E-state index in [1.807, 2.05) is 0 Å². The van der Waals surface area contributed by atoms with E-state index < -0.39 is 29.6 Å². The quantitative estimate of drug-likeness (QED) is 0.656. The third kappa shape index (κ3) is 4.13. The summed E-state index contributed by atoms with van der Waals surface area (Å²) in [5.41, 5.74) is -2.98. The van der Waals surface area contributed by atoms with Gasteiger partial charge < -0.3 is 5.32 Å². The minimum Gasteiger partial charge on any atom is -0.322 e. The molecule has 3 aromatic rings. The largest absolute Gasteiger partial charge is 0.435 e. The lowest BCUT2D eigenvalue weighted by Crippen LogP contribution is -2.14. The van der Waals surface area contributed by atoms with Gasteiger partial charge in [-0.3, -0.25) is 9.78 Å². The highest BCUT2D eigenvalue weighted by Gasteiger charge is 2.42. The molecule has 1 aromatic carbocycles. The van der Waals surface area contributed by atoms with Gasteiger partial charge in [0, 0.05) is 24.1 Å². The highest BCUT2D eigenvalue weighted by molar-refractivity contribution is 6.04. The number of carbonyl (C=O) groups excluding carboxylic acids is 1. The molecule has 5 nitrogen and oxygen atoms in total. The second-order valence-corrected chi connectivity index (χ2v) is 5.56. The van der Waals surface area contributed by atoms with E-state index in [2.05, 4.69) is 15.4 Å². The van der Waals surface area contributed by atoms with Crippen LogP contribution in [-0.4, -0.2) is 20.7 Å². The number of carbonyl (C=O) groups is 1. The van der Waals surface area contributed by atoms with E-state index in [1.54, 1.807) is 6.07 Å². The Bertz CT molecular complexity index is 978. The third-order valence-electron chi connectivity index (χ3n) is 3.58. The van der Waals surface area contributed by atoms with Gasteiger partial charge in [-0.1, -0.05) is 0 Å². The zero-order chi connectivity index (χ0) is 20.5. The summed E-state index contributed by atoms with van der Waals surface area (Å²) in [7, 11) is 0. The molecule has 0 radical (unpaired) electrons. The van der Waals surface area contributed by atoms with Crippen LogP contribution in [0.25, 0.3) is 5.69 Å². The van der Waals surface area contributed by atoms with Crippen LogP contribution in [0.15, 0.2) is 54.9 Å². The van der Waals surface area contributed by atoms with Crippen LogP contribution in [0.5, 0.6) is 0 Å². The van der Waals surface area contributed by atoms with Crippen molar-refractivity contribution >= 4 is 11.6 Å². The molecule has 2 aromatic heterocycles. The van der Waals surface area contributed by atoms with Gasteiger partial charge in [-0.2, -0.15) is 31.4 Å². The van der Waals surface area contributed by atoms with E-state index in [0.717, 1.165) is 12.1 Å². The van der Waals surface area contributed by atoms with Crippen molar-refractivity contribution in [1.29, 1.82) is 0 Å². The first-order valence-electron chi connectivity index (χ1n) is 7.62. The summed E-state index contributed by atoms with van der Waals surface area (Å²) in [6, 6.07) is 7.72. The summed E-state index contributed by atoms with van der Waals surface area (Å²) in [6.45, 7) is 0. The monoisotopic (exact) mass is 400 g/mol. The number of benzene rings is 1. The highest BCUT2D eigenvalue weighted by atomic mass is 19.4. The van der Waals surface area contributed by atoms with Crippen molar-refractivity contribution in [2.24, 2.45) is 0 Å². The fourth-order valence-corrected chi connectivity index (χ4v) is 2.30. The number of alkyl halides is 6. The zero-order valence-electron chi connectivity index (χ0n) is 13.7. The molecule has 3 rings (SSSR count). The summed E-state index contributed by atoms with van der Waals surface area (Å²) in [6.07, 6.45) is -7.27. The van der Waals surface area contributed by atoms with Crippen LogP contribution >= 0.6 is 0 Å². The zero-order valence-corrected chi connectivity index (χ0v) is 13.7. The highest BCUT2D eigenvalue weighted by Crippen LogP contribution is 2.36. The average molecular weight is 400 g/mol. The summed E-state index contributed by atoms with van der Waals surface area (Å²) >= 11 is 0. The molecule has 0 unspecified atom stereocenters. The SMILES string of the molecule is O=C(Nc1ccc(-n2nc(C(F)(F)F)cc2C(F)(F)F)cc1)c1cccnc1. The predicted molar refractivity (Wildman–Crippen MR) is 85.8 cm³/mol. The molecule has 0 bridgehead atoms. The number of hydrogen-bond acceptors (Lipinski definition) is 3. The fourth-order valence-electron chi connectivity index (χ4n) is 2.30. The van der Waals surface area contributed by atoms with Crippen LogP contribution in [0.2, 0.25) is 0 Å². The molecular weight excluding hydrogens is 390 g/mol. The van der Waals surface area contributed by atoms with E-state index in [4.69, 9.17) is 0 Å². The van der Waals surface area contributed by atoms with Gasteiger partial charge in [-0.25, -0.2) is 4.68 Å². The second-order valence-electron chi connectivity index (χ2n) is 5.56. The first kappa shape index (κ1) is 19.4. The van der Waals surface area contributed by atoms with Crippen LogP contribution in [0, 0.1) is 0 Å². The van der Waals surface area contributed by atoms with Gasteiger partial charge in [0.05, 0.1) is 11.3 Å². The number of hydrogen-bond donors (Lipinski definition) is 1. The number of amides is 1. The Balaban J connectivity index is 1.89. The minimum atomic E-state index is -5.04. The average Bonchev–Trinajstić information content (AvgIpc) is 3.09. The second kappa shape index (κ2) is 6.98. The molecule has 0 aliphatic rings. The first-order valence-corrected chi connectivity index (χ1v) is 7.62. The van der Waals surface area contributed by atoms with Crippen molar-refractivity contribution in [3.05, 3.63) is 71.8 Å². The lowest BCUT2D eigenvalue weighted by Gasteiger charge is -2.11. The van der Waals surface area contributed by atoms with Crippen molar-refractivity contribution in [1.82, 2.24) is 14.8 Å². The maximum atomic E-state index is 13.1. The smallest absolute Gasteiger partial charge is 0.322 e. The molecule has 1 amide bonds. The Labute approximate surface area is 153 Å². The third-order valence-corrected chi connectivity index (χ3v) is 3.58. The number of rotatable bonds is 3. The van der Waals surface area contributed by atoms with Gasteiger partial charge in [-0.15, -0.1) is 0 Å². The number of nitrogens with zero attached hydrogens (tertiary/aromatic N) is 3. The number of nitrogens with one attached hydrogen (secondary N) is 1. The normalized spacial score (nSPS) is 12.1. The predicted octanol–water partition coefficient (Wildman–Crippen LogP) is 4.56. The molecule has 11 heteroatoms. The van der Waals surface area contributed by atoms with Gasteiger partial charge in [0.25, 0.3) is 5.91 Å². The standard InChI is InChI=1S/C17H10F6N4O/c18-16(19,20)13-8-14(17(21,22)23)27(26-13)12-5-3-11(4-6-12)25-15(28)10-2-1-7-24-9-10/h1-9H,(H,25,28). The van der Waals surface area contributed by atoms with E-state index >= 15 is 0 Å². The van der Waals surface area contributed by atoms with Crippen LogP contribution in [0.3, 0.4) is 0 Å². The molecule has 0 spiro atoms. The minimum absolute atomic E-state index is 0.0575. The Kier molecular flexibility index (Phi) is 4.84. The van der Waals surface area contributed by atoms with Crippen molar-refractivity contribution in [2.45, 2.75) is 12.4 Å². The van der Waals surface area contributed by atoms with Crippen molar-refractivity contribution in [3.63, 3.8) is 0 Å². The van der Waals surface area contributed by atoms with Crippen LogP contribution in [0.4, 0.5) is 32.0 Å². The molecule has 0 saturated carbocycles. The summed E-state index contributed by atoms with van der Waals surface area (Å²) in [4.78, 5) is 15.8. The van der Waals surface area contributed by atoms with Crippen LogP contribution in [0.1, 0.15) is 21.7 Å². The molecule has 0 saturated heterocycles. The van der Waals surface area contributed by atoms with Gasteiger partial charge >= 0.3 is 12.4 Å². The number of pyridine rings is 1. The van der Waals surface area contributed by atoms with Crippen molar-refractivity contribution in [2.75, 3.05) is 5.32 Å². The summed E-state index contributed by atoms with van der Waals surface area (Å²) in [5.74, 6) is -0.504. The Morgan fingerprint density at radius 3 is 2.18 bits per heavy atom. The lowest BCUT2D eigenvalue weighted by molar-refractivity contribution is -0.143. The summed E-state index contributed by atoms with van der Waals surface area (Å²) in [5, 5.41) is 5.53. The fraction of sp³-hybridized carbons (Fsp3) is 0.118. The first-order chi connectivity index (χ1) is 13.1. The van der Waals surface area contributed by atoms with Crippen molar-refractivity contribution < 1.29 is 31.1 Å². The van der Waals surface area contributed by atoms with Gasteiger partial charge in [0.15, 0.2) is 5.69 Å². The molecule has 28 heavy (non-hydrogen) atoms. The van der Waals surface area contributed by atoms with E-state index in [1.165, 1.54) is 30.6 Å².